The summed E-state index contributed by atoms with van der Waals surface area (Å²) in [7, 11) is 0. The van der Waals surface area contributed by atoms with Crippen LogP contribution in [0.2, 0.25) is 0 Å². The van der Waals surface area contributed by atoms with Gasteiger partial charge in [0.2, 0.25) is 0 Å². The van der Waals surface area contributed by atoms with Gasteiger partial charge in [-0.1, -0.05) is 243 Å². The van der Waals surface area contributed by atoms with Crippen molar-refractivity contribution < 1.29 is 58.2 Å². The van der Waals surface area contributed by atoms with E-state index in [-0.39, 0.29) is 25.9 Å². The number of hydrogen-bond donors (Lipinski definition) is 3. The summed E-state index contributed by atoms with van der Waals surface area (Å²) >= 11 is 0. The van der Waals surface area contributed by atoms with Crippen molar-refractivity contribution in [2.24, 2.45) is 0 Å². The van der Waals surface area contributed by atoms with Crippen LogP contribution in [-0.4, -0.2) is 89.2 Å². The number of aliphatic hydroxyl groups excluding tert-OH is 2. The summed E-state index contributed by atoms with van der Waals surface area (Å²) in [6.07, 6.45) is 52.1. The second-order valence-corrected chi connectivity index (χ2v) is 21.7. The molecule has 0 amide bonds. The van der Waals surface area contributed by atoms with Crippen LogP contribution >= 0.6 is 0 Å². The number of allylic oxidation sites excluding steroid dienone is 8. The molecule has 0 radical (unpaired) electrons. The van der Waals surface area contributed by atoms with Crippen molar-refractivity contribution >= 4 is 23.9 Å². The zero-order valence-electron chi connectivity index (χ0n) is 49.2. The lowest BCUT2D eigenvalue weighted by Crippen LogP contribution is -2.61. The second kappa shape index (κ2) is 53.3. The van der Waals surface area contributed by atoms with Crippen molar-refractivity contribution in [3.8, 4) is 0 Å². The largest absolute Gasteiger partial charge is 0.479 e. The Hall–Kier alpha value is -3.32. The maximum absolute atomic E-state index is 13.2. The van der Waals surface area contributed by atoms with Crippen LogP contribution in [0.3, 0.4) is 0 Å². The Morgan fingerprint density at radius 1 is 0.442 bits per heavy atom. The molecule has 0 saturated carbocycles. The Kier molecular flexibility index (Phi) is 49.7. The van der Waals surface area contributed by atoms with Crippen molar-refractivity contribution in [2.75, 3.05) is 13.2 Å². The van der Waals surface area contributed by atoms with Gasteiger partial charge in [-0.05, 0) is 77.0 Å². The van der Waals surface area contributed by atoms with Gasteiger partial charge in [0.05, 0.1) is 6.61 Å². The number of esters is 3. The summed E-state index contributed by atoms with van der Waals surface area (Å²) in [6, 6.07) is 0. The standard InChI is InChI=1S/C65H114O12/c1-4-7-10-13-16-19-22-25-28-29-32-33-36-39-42-45-48-51-57(66)73-54-56(75-58(67)52-49-46-43-40-37-34-30-26-23-20-17-14-11-8-5-2)55-74-65-63(61(70)60(69)62(77-65)64(71)72)76-59(68)53-50-47-44-41-38-35-31-27-24-21-18-15-12-9-6-3/h7,10,16,19,25,27-28,31,56,60-63,65,69-70H,4-6,8-9,11-15,17-18,20-24,26,29-30,32-55H2,1-3H3,(H,71,72)/b10-7-,19-16-,28-25-,31-27-. The molecule has 77 heavy (non-hydrogen) atoms. The predicted octanol–water partition coefficient (Wildman–Crippen LogP) is 16.6. The van der Waals surface area contributed by atoms with Gasteiger partial charge in [0.15, 0.2) is 24.6 Å². The minimum atomic E-state index is -1.90. The van der Waals surface area contributed by atoms with Crippen molar-refractivity contribution in [1.82, 2.24) is 0 Å². The molecule has 12 nitrogen and oxygen atoms in total. The summed E-state index contributed by atoms with van der Waals surface area (Å²) in [5, 5.41) is 31.5. The van der Waals surface area contributed by atoms with Gasteiger partial charge in [-0.2, -0.15) is 0 Å². The summed E-state index contributed by atoms with van der Waals surface area (Å²) in [6.45, 7) is 5.90. The van der Waals surface area contributed by atoms with E-state index in [1.54, 1.807) is 0 Å². The molecule has 0 aromatic carbocycles. The van der Waals surface area contributed by atoms with Crippen LogP contribution < -0.4 is 0 Å². The fourth-order valence-electron chi connectivity index (χ4n) is 9.56. The normalized spacial score (nSPS) is 18.3. The van der Waals surface area contributed by atoms with Crippen LogP contribution in [0.5, 0.6) is 0 Å². The number of carbonyl (C=O) groups excluding carboxylic acids is 3. The summed E-state index contributed by atoms with van der Waals surface area (Å²) in [5.74, 6) is -3.12. The van der Waals surface area contributed by atoms with Gasteiger partial charge in [-0.3, -0.25) is 14.4 Å². The SMILES string of the molecule is CC/C=C\C/C=C\C/C=C\CCCCCCCCCC(=O)OCC(COC1OC(C(=O)O)C(O)C(O)C1OC(=O)CCCCCCC/C=C\CCCCCCCC)OC(=O)CCCCCCCCCCCCCCCCC. The average Bonchev–Trinajstić information content (AvgIpc) is 3.42. The fourth-order valence-corrected chi connectivity index (χ4v) is 9.56. The van der Waals surface area contributed by atoms with Gasteiger partial charge in [0, 0.05) is 19.3 Å². The second-order valence-electron chi connectivity index (χ2n) is 21.7. The Labute approximate surface area is 469 Å². The maximum Gasteiger partial charge on any atom is 0.335 e. The molecule has 12 heteroatoms. The highest BCUT2D eigenvalue weighted by Gasteiger charge is 2.50. The molecule has 0 bridgehead atoms. The molecule has 446 valence electrons. The first-order valence-corrected chi connectivity index (χ1v) is 31.6. The van der Waals surface area contributed by atoms with Crippen LogP contribution in [0.15, 0.2) is 48.6 Å². The number of hydrogen-bond acceptors (Lipinski definition) is 11. The monoisotopic (exact) mass is 1090 g/mol. The first-order valence-electron chi connectivity index (χ1n) is 31.6. The van der Waals surface area contributed by atoms with E-state index in [0.29, 0.717) is 19.3 Å². The number of ether oxygens (including phenoxy) is 5. The third kappa shape index (κ3) is 43.2. The molecule has 0 spiro atoms. The predicted molar refractivity (Wildman–Crippen MR) is 312 cm³/mol. The Morgan fingerprint density at radius 2 is 0.818 bits per heavy atom. The number of carbonyl (C=O) groups is 4. The number of aliphatic carboxylic acids is 1. The maximum atomic E-state index is 13.2. The molecule has 0 aromatic heterocycles. The number of unbranched alkanes of at least 4 members (excludes halogenated alkanes) is 32. The van der Waals surface area contributed by atoms with E-state index in [4.69, 9.17) is 23.7 Å². The van der Waals surface area contributed by atoms with E-state index in [1.165, 1.54) is 122 Å². The van der Waals surface area contributed by atoms with Crippen molar-refractivity contribution in [2.45, 2.75) is 327 Å². The van der Waals surface area contributed by atoms with Crippen molar-refractivity contribution in [1.29, 1.82) is 0 Å². The lowest BCUT2D eigenvalue weighted by atomic mass is 9.98. The molecule has 0 aliphatic carbocycles. The minimum absolute atomic E-state index is 0.0519. The van der Waals surface area contributed by atoms with Gasteiger partial charge in [-0.15, -0.1) is 0 Å². The van der Waals surface area contributed by atoms with Gasteiger partial charge in [0.25, 0.3) is 0 Å². The van der Waals surface area contributed by atoms with E-state index in [9.17, 15) is 34.5 Å². The molecular weight excluding hydrogens is 973 g/mol. The first kappa shape index (κ1) is 71.7. The molecular formula is C65H114O12. The molecule has 1 aliphatic rings. The quantitative estimate of drug-likeness (QED) is 0.0228. The number of carboxylic acid groups (broad SMARTS) is 1. The lowest BCUT2D eigenvalue weighted by molar-refractivity contribution is -0.301. The highest BCUT2D eigenvalue weighted by molar-refractivity contribution is 5.74. The Bertz CT molecular complexity index is 1520. The van der Waals surface area contributed by atoms with Gasteiger partial charge >= 0.3 is 23.9 Å². The van der Waals surface area contributed by atoms with Gasteiger partial charge in [-0.25, -0.2) is 4.79 Å². The molecule has 6 atom stereocenters. The Balaban J connectivity index is 2.67. The van der Waals surface area contributed by atoms with E-state index >= 15 is 0 Å². The molecule has 0 aromatic rings. The van der Waals surface area contributed by atoms with Crippen LogP contribution in [0.25, 0.3) is 0 Å². The van der Waals surface area contributed by atoms with Crippen molar-refractivity contribution in [3.05, 3.63) is 48.6 Å². The van der Waals surface area contributed by atoms with Crippen LogP contribution in [0.1, 0.15) is 290 Å². The first-order chi connectivity index (χ1) is 37.6. The fraction of sp³-hybridized carbons (Fsp3) is 0.815. The number of carboxylic acids is 1. The Morgan fingerprint density at radius 3 is 1.26 bits per heavy atom. The zero-order chi connectivity index (χ0) is 56.1. The van der Waals surface area contributed by atoms with E-state index in [2.05, 4.69) is 69.4 Å². The van der Waals surface area contributed by atoms with Gasteiger partial charge in [0.1, 0.15) is 18.8 Å². The van der Waals surface area contributed by atoms with Crippen LogP contribution in [0, 0.1) is 0 Å². The number of aliphatic hydroxyl groups is 2. The third-order valence-corrected chi connectivity index (χ3v) is 14.4. The summed E-state index contributed by atoms with van der Waals surface area (Å²) < 4.78 is 28.5. The van der Waals surface area contributed by atoms with Crippen LogP contribution in [0.4, 0.5) is 0 Å². The molecule has 1 fully saturated rings. The van der Waals surface area contributed by atoms with E-state index in [1.807, 2.05) is 0 Å². The highest BCUT2D eigenvalue weighted by atomic mass is 16.7. The molecule has 6 unspecified atom stereocenters. The molecule has 1 heterocycles. The molecule has 1 aliphatic heterocycles. The minimum Gasteiger partial charge on any atom is -0.479 e. The summed E-state index contributed by atoms with van der Waals surface area (Å²) in [5.41, 5.74) is 0. The average molecular weight is 1090 g/mol. The molecule has 3 N–H and O–H groups in total. The van der Waals surface area contributed by atoms with Crippen molar-refractivity contribution in [3.63, 3.8) is 0 Å². The number of rotatable bonds is 54. The molecule has 1 rings (SSSR count). The van der Waals surface area contributed by atoms with E-state index < -0.39 is 67.3 Å². The van der Waals surface area contributed by atoms with E-state index in [0.717, 1.165) is 109 Å². The lowest BCUT2D eigenvalue weighted by Gasteiger charge is -2.40. The third-order valence-electron chi connectivity index (χ3n) is 14.4. The van der Waals surface area contributed by atoms with Crippen LogP contribution in [-0.2, 0) is 42.9 Å². The smallest absolute Gasteiger partial charge is 0.335 e. The zero-order valence-corrected chi connectivity index (χ0v) is 49.2. The highest BCUT2D eigenvalue weighted by Crippen LogP contribution is 2.27. The van der Waals surface area contributed by atoms with Gasteiger partial charge < -0.3 is 39.0 Å². The summed E-state index contributed by atoms with van der Waals surface area (Å²) in [4.78, 5) is 51.2. The topological polar surface area (TPSA) is 175 Å². The molecule has 1 saturated heterocycles.